The summed E-state index contributed by atoms with van der Waals surface area (Å²) in [4.78, 5) is 4.98. The van der Waals surface area contributed by atoms with Crippen LogP contribution < -0.4 is 5.30 Å². The van der Waals surface area contributed by atoms with Gasteiger partial charge < -0.3 is 9.19 Å². The Bertz CT molecular complexity index is 1190. The first-order chi connectivity index (χ1) is 14.5. The van der Waals surface area contributed by atoms with Crippen LogP contribution in [0.2, 0.25) is 0 Å². The number of aliphatic imine (C=N–C) groups is 1. The molecule has 3 aromatic rings. The molecule has 1 atom stereocenters. The van der Waals surface area contributed by atoms with E-state index in [1.54, 1.807) is 16.8 Å². The van der Waals surface area contributed by atoms with Crippen LogP contribution in [0.1, 0.15) is 31.0 Å². The molecule has 8 heteroatoms. The molecule has 0 spiro atoms. The fraction of sp³-hybridized carbons (Fsp3) is 0.273. The van der Waals surface area contributed by atoms with Gasteiger partial charge in [0.2, 0.25) is 0 Å². The topological polar surface area (TPSA) is 42.6 Å². The maximum absolute atomic E-state index is 14.9. The van der Waals surface area contributed by atoms with E-state index in [2.05, 4.69) is 4.67 Å². The second kappa shape index (κ2) is 7.41. The van der Waals surface area contributed by atoms with E-state index in [9.17, 15) is 4.39 Å². The zero-order chi connectivity index (χ0) is 20.9. The number of para-hydroxylation sites is 1. The summed E-state index contributed by atoms with van der Waals surface area (Å²) in [5.41, 5.74) is 2.14. The zero-order valence-corrected chi connectivity index (χ0v) is 18.5. The molecule has 2 heterocycles. The third-order valence-corrected chi connectivity index (χ3v) is 9.48. The largest absolute Gasteiger partial charge is 0.331 e. The van der Waals surface area contributed by atoms with Crippen molar-refractivity contribution in [3.05, 3.63) is 71.7 Å². The van der Waals surface area contributed by atoms with Gasteiger partial charge in [0.25, 0.3) is 0 Å². The second-order valence-electron chi connectivity index (χ2n) is 7.43. The minimum atomic E-state index is -2.70. The average molecular weight is 440 g/mol. The van der Waals surface area contributed by atoms with Crippen LogP contribution in [-0.2, 0) is 16.3 Å². The number of benzene rings is 2. The van der Waals surface area contributed by atoms with Crippen molar-refractivity contribution in [1.29, 1.82) is 0 Å². The number of rotatable bonds is 5. The van der Waals surface area contributed by atoms with Crippen LogP contribution in [0.5, 0.6) is 0 Å². The average Bonchev–Trinajstić information content (AvgIpc) is 3.51. The normalized spacial score (nSPS) is 20.8. The molecule has 2 aliphatic rings. The van der Waals surface area contributed by atoms with Crippen LogP contribution in [0.25, 0.3) is 5.69 Å². The zero-order valence-electron chi connectivity index (χ0n) is 16.8. The summed E-state index contributed by atoms with van der Waals surface area (Å²) in [6.07, 6.45) is -0.700. The molecule has 0 saturated heterocycles. The van der Waals surface area contributed by atoms with E-state index < -0.39 is 6.42 Å². The van der Waals surface area contributed by atoms with Crippen molar-refractivity contribution in [2.24, 2.45) is 4.99 Å². The van der Waals surface area contributed by atoms with Crippen LogP contribution in [0, 0.1) is 12.7 Å². The Labute approximate surface area is 180 Å². The molecule has 0 bridgehead atoms. The Morgan fingerprint density at radius 2 is 1.83 bits per heavy atom. The number of nitrogens with zero attached hydrogens (tertiary/aromatic N) is 4. The molecular weight excluding hydrogens is 418 g/mol. The van der Waals surface area contributed by atoms with E-state index in [1.807, 2.05) is 50.2 Å². The minimum Gasteiger partial charge on any atom is -0.331 e. The van der Waals surface area contributed by atoms with Gasteiger partial charge in [0.15, 0.2) is 12.2 Å². The molecule has 1 unspecified atom stereocenters. The van der Waals surface area contributed by atoms with Crippen LogP contribution in [-0.4, -0.2) is 32.9 Å². The van der Waals surface area contributed by atoms with Gasteiger partial charge in [-0.05, 0) is 62.8 Å². The van der Waals surface area contributed by atoms with E-state index >= 15 is 0 Å². The number of aromatic nitrogens is 2. The van der Waals surface area contributed by atoms with Crippen molar-refractivity contribution in [2.75, 3.05) is 6.61 Å². The van der Waals surface area contributed by atoms with Gasteiger partial charge in [-0.15, -0.1) is 0 Å². The van der Waals surface area contributed by atoms with Gasteiger partial charge in [-0.3, -0.25) is 0 Å². The molecule has 1 fully saturated rings. The van der Waals surface area contributed by atoms with E-state index in [0.717, 1.165) is 29.5 Å². The van der Waals surface area contributed by atoms with E-state index in [0.29, 0.717) is 23.8 Å². The quantitative estimate of drug-likeness (QED) is 0.532. The summed E-state index contributed by atoms with van der Waals surface area (Å²) in [5.74, 6) is 0.883. The van der Waals surface area contributed by atoms with Crippen LogP contribution >= 0.6 is 6.42 Å². The van der Waals surface area contributed by atoms with Crippen LogP contribution in [0.15, 0.2) is 59.6 Å². The first-order valence-corrected chi connectivity index (χ1v) is 12.8. The first kappa shape index (κ1) is 19.6. The molecule has 1 aliphatic heterocycles. The predicted octanol–water partition coefficient (Wildman–Crippen LogP) is 4.85. The summed E-state index contributed by atoms with van der Waals surface area (Å²) in [6, 6.07) is 16.8. The molecule has 1 saturated carbocycles. The molecular formula is C22H22FN4OPS. The fourth-order valence-electron chi connectivity index (χ4n) is 3.91. The van der Waals surface area contributed by atoms with Crippen molar-refractivity contribution in [1.82, 2.24) is 14.5 Å². The van der Waals surface area contributed by atoms with Crippen LogP contribution in [0.3, 0.4) is 0 Å². The van der Waals surface area contributed by atoms with E-state index in [-0.39, 0.29) is 11.9 Å². The summed E-state index contributed by atoms with van der Waals surface area (Å²) in [6.45, 7) is 4.37. The lowest BCUT2D eigenvalue weighted by Crippen LogP contribution is -2.39. The summed E-state index contributed by atoms with van der Waals surface area (Å²) in [5, 5.41) is 5.65. The monoisotopic (exact) mass is 440 g/mol. The first-order valence-electron chi connectivity index (χ1n) is 10.1. The number of hydrogen-bond acceptors (Lipinski definition) is 4. The lowest BCUT2D eigenvalue weighted by Gasteiger charge is -2.39. The van der Waals surface area contributed by atoms with Gasteiger partial charge in [-0.25, -0.2) is 14.1 Å². The van der Waals surface area contributed by atoms with E-state index in [1.165, 1.54) is 6.07 Å². The number of hydrogen-bond donors (Lipinski definition) is 0. The Balaban J connectivity index is 1.82. The van der Waals surface area contributed by atoms with Gasteiger partial charge in [-0.2, -0.15) is 5.10 Å². The number of fused-ring (bicyclic) bond motifs is 1. The molecule has 154 valence electrons. The SMILES string of the molecule is CCOP1(=S)c2c(C)nn(-c3ccccc3)c2N=C(c2ccccc2F)N1C1CC1. The maximum atomic E-state index is 14.9. The number of amidine groups is 1. The standard InChI is InChI=1S/C22H22FN4OPS/c1-3-28-29(30)20-15(2)25-26(16-9-5-4-6-10-16)22(20)24-21(27(29)17-13-14-17)18-11-7-8-12-19(18)23/h4-12,17H,3,13-14H2,1-2H3. The molecule has 30 heavy (non-hydrogen) atoms. The Morgan fingerprint density at radius 3 is 2.50 bits per heavy atom. The van der Waals surface area contributed by atoms with E-state index in [4.69, 9.17) is 26.4 Å². The number of aryl methyl sites for hydroxylation is 1. The minimum absolute atomic E-state index is 0.216. The highest BCUT2D eigenvalue weighted by molar-refractivity contribution is 8.15. The lowest BCUT2D eigenvalue weighted by atomic mass is 10.2. The highest BCUT2D eigenvalue weighted by atomic mass is 32.4. The van der Waals surface area contributed by atoms with Crippen molar-refractivity contribution in [3.8, 4) is 5.69 Å². The summed E-state index contributed by atoms with van der Waals surface area (Å²) in [7, 11) is 0. The molecule has 0 N–H and O–H groups in total. The smallest absolute Gasteiger partial charge is 0.193 e. The van der Waals surface area contributed by atoms with Gasteiger partial charge in [0.05, 0.1) is 28.9 Å². The lowest BCUT2D eigenvalue weighted by molar-refractivity contribution is 0.354. The summed E-state index contributed by atoms with van der Waals surface area (Å²) < 4.78 is 25.1. The molecule has 5 rings (SSSR count). The van der Waals surface area contributed by atoms with Gasteiger partial charge in [0.1, 0.15) is 11.7 Å². The number of halogens is 1. The summed E-state index contributed by atoms with van der Waals surface area (Å²) >= 11 is 6.27. The van der Waals surface area contributed by atoms with Crippen molar-refractivity contribution in [2.45, 2.75) is 32.7 Å². The molecule has 0 radical (unpaired) electrons. The van der Waals surface area contributed by atoms with Crippen molar-refractivity contribution in [3.63, 3.8) is 0 Å². The highest BCUT2D eigenvalue weighted by Crippen LogP contribution is 2.60. The third-order valence-electron chi connectivity index (χ3n) is 5.31. The second-order valence-corrected chi connectivity index (χ2v) is 11.1. The third kappa shape index (κ3) is 3.04. The molecule has 2 aromatic carbocycles. The van der Waals surface area contributed by atoms with Gasteiger partial charge in [-0.1, -0.05) is 30.3 Å². The Kier molecular flexibility index (Phi) is 4.85. The molecule has 5 nitrogen and oxygen atoms in total. The van der Waals surface area contributed by atoms with Gasteiger partial charge in [0, 0.05) is 6.04 Å². The molecule has 1 aliphatic carbocycles. The highest BCUT2D eigenvalue weighted by Gasteiger charge is 2.48. The Morgan fingerprint density at radius 1 is 1.13 bits per heavy atom. The van der Waals surface area contributed by atoms with Gasteiger partial charge >= 0.3 is 0 Å². The van der Waals surface area contributed by atoms with Crippen LogP contribution in [0.4, 0.5) is 10.2 Å². The van der Waals surface area contributed by atoms with Crippen molar-refractivity contribution >= 4 is 35.2 Å². The molecule has 0 amide bonds. The maximum Gasteiger partial charge on any atom is 0.193 e. The Hall–Kier alpha value is -2.34. The van der Waals surface area contributed by atoms with Crippen molar-refractivity contribution < 1.29 is 8.91 Å². The fourth-order valence-corrected chi connectivity index (χ4v) is 8.23. The molecule has 1 aromatic heterocycles. The predicted molar refractivity (Wildman–Crippen MR) is 121 cm³/mol.